The minimum atomic E-state index is 0. The Morgan fingerprint density at radius 1 is 0.200 bits per heavy atom. The molecule has 0 aromatic carbocycles. The van der Waals surface area contributed by atoms with Gasteiger partial charge in [-0.1, -0.05) is 0 Å². The van der Waals surface area contributed by atoms with Crippen LogP contribution in [-0.4, -0.2) is 43.8 Å². The predicted octanol–water partition coefficient (Wildman–Crippen LogP) is -5.75. The lowest BCUT2D eigenvalue weighted by molar-refractivity contribution is 0.823. The van der Waals surface area contributed by atoms with Crippen molar-refractivity contribution in [2.75, 3.05) is 0 Å². The number of hydrogen-bond acceptors (Lipinski definition) is 0. The highest BCUT2D eigenvalue weighted by Gasteiger charge is -0.146. The fraction of sp³-hybridized carbons (Fsp3) is 0. The van der Waals surface area contributed by atoms with Crippen molar-refractivity contribution in [2.24, 2.45) is 0 Å². The van der Waals surface area contributed by atoms with Gasteiger partial charge in [-0.05, 0) is 0 Å². The van der Waals surface area contributed by atoms with E-state index < -0.39 is 0 Å². The molecule has 8 nitrogen and oxygen atoms in total. The zero-order valence-electron chi connectivity index (χ0n) is 4.82. The van der Waals surface area contributed by atoms with Crippen LogP contribution in [0.1, 0.15) is 0 Å². The molecule has 0 unspecified atom stereocenters. The quantitative estimate of drug-likeness (QED) is 0.367. The van der Waals surface area contributed by atoms with Crippen LogP contribution < -0.4 is 0 Å². The Kier molecular flexibility index (Phi) is 12200000. The van der Waals surface area contributed by atoms with Crippen LogP contribution in [0.3, 0.4) is 0 Å². The molecule has 0 aromatic rings. The third kappa shape index (κ3) is 6440. The van der Waals surface area contributed by atoms with Crippen LogP contribution in [0, 0.1) is 0 Å². The largest absolute Gasteiger partial charge is 0.412 e. The van der Waals surface area contributed by atoms with E-state index in [9.17, 15) is 0 Å². The standard InChI is InChI=1S/2ClH.8H2O/h2*1H;8*1H2. The van der Waals surface area contributed by atoms with E-state index in [2.05, 4.69) is 0 Å². The van der Waals surface area contributed by atoms with Crippen LogP contribution in [-0.2, 0) is 0 Å². The maximum Gasteiger partial charge on any atom is -0.147 e. The highest BCUT2D eigenvalue weighted by Crippen LogP contribution is 0.691. The van der Waals surface area contributed by atoms with Crippen molar-refractivity contribution in [2.45, 2.75) is 0 Å². The zero-order valence-corrected chi connectivity index (χ0v) is 6.45. The molecule has 0 aliphatic carbocycles. The zero-order chi connectivity index (χ0) is 0. The van der Waals surface area contributed by atoms with Crippen LogP contribution in [0.25, 0.3) is 0 Å². The topological polar surface area (TPSA) is 252 Å². The fourth-order valence-corrected chi connectivity index (χ4v) is 0. The van der Waals surface area contributed by atoms with Crippen LogP contribution in [0.5, 0.6) is 0 Å². The summed E-state index contributed by atoms with van der Waals surface area (Å²) in [4.78, 5) is 0. The highest BCUT2D eigenvalue weighted by molar-refractivity contribution is 5.85. The first kappa shape index (κ1) is 13000. The maximum atomic E-state index is 0. The van der Waals surface area contributed by atoms with E-state index in [4.69, 9.17) is 0 Å². The van der Waals surface area contributed by atoms with Crippen molar-refractivity contribution in [3.63, 3.8) is 0 Å². The summed E-state index contributed by atoms with van der Waals surface area (Å²) in [6.07, 6.45) is 0. The molecule has 0 atom stereocenters. The van der Waals surface area contributed by atoms with Gasteiger partial charge in [-0.3, -0.25) is 0 Å². The van der Waals surface area contributed by atoms with E-state index in [1.54, 1.807) is 0 Å². The summed E-state index contributed by atoms with van der Waals surface area (Å²) >= 11 is 0. The van der Waals surface area contributed by atoms with Crippen molar-refractivity contribution in [3.8, 4) is 0 Å². The van der Waals surface area contributed by atoms with E-state index in [1.165, 1.54) is 0 Å². The molecule has 0 fully saturated rings. The van der Waals surface area contributed by atoms with Crippen molar-refractivity contribution in [1.29, 1.82) is 0 Å². The van der Waals surface area contributed by atoms with Gasteiger partial charge in [-0.25, -0.2) is 0 Å². The molecule has 0 aliphatic heterocycles. The molecule has 0 rings (SSSR count). The molecule has 0 aromatic heterocycles. The van der Waals surface area contributed by atoms with Gasteiger partial charge >= 0.3 is 0 Å². The summed E-state index contributed by atoms with van der Waals surface area (Å²) in [5.74, 6) is 0. The maximum absolute atomic E-state index is 0. The summed E-state index contributed by atoms with van der Waals surface area (Å²) in [7, 11) is 0. The molecule has 0 radical (unpaired) electrons. The normalized spacial score (nSPS) is 0. The van der Waals surface area contributed by atoms with Gasteiger partial charge in [0.25, 0.3) is 0 Å². The summed E-state index contributed by atoms with van der Waals surface area (Å²) in [5.41, 5.74) is 0. The first-order valence-electron chi connectivity index (χ1n) is 0. The van der Waals surface area contributed by atoms with Gasteiger partial charge in [0.1, 0.15) is 0 Å². The summed E-state index contributed by atoms with van der Waals surface area (Å²) < 4.78 is 0. The minimum Gasteiger partial charge on any atom is -0.412 e. The molecule has 0 amide bonds. The Hall–Kier alpha value is 0.260. The van der Waals surface area contributed by atoms with Crippen LogP contribution in [0.4, 0.5) is 0 Å². The van der Waals surface area contributed by atoms with E-state index >= 15 is 0 Å². The molecule has 0 saturated carbocycles. The average molecular weight is 217 g/mol. The van der Waals surface area contributed by atoms with Crippen molar-refractivity contribution < 1.29 is 43.8 Å². The molecule has 0 spiro atoms. The van der Waals surface area contributed by atoms with Crippen LogP contribution in [0.15, 0.2) is 0 Å². The molecular formula is H18Cl2O8. The Bertz CT molecular complexity index is 7.22. The Balaban J connectivity index is 0. The lowest BCUT2D eigenvalue weighted by atomic mass is 16.0. The minimum absolute atomic E-state index is 0. The Morgan fingerprint density at radius 2 is 0.200 bits per heavy atom. The monoisotopic (exact) mass is 216 g/mol. The van der Waals surface area contributed by atoms with Gasteiger partial charge in [0.15, 0.2) is 0 Å². The molecule has 16 N–H and O–H groups in total. The third-order valence-corrected chi connectivity index (χ3v) is 0. The first-order valence-corrected chi connectivity index (χ1v) is 0. The predicted molar refractivity (Wildman–Crippen MR) is 43.4 cm³/mol. The van der Waals surface area contributed by atoms with Gasteiger partial charge in [-0.15, -0.1) is 24.8 Å². The van der Waals surface area contributed by atoms with Crippen molar-refractivity contribution >= 4 is 24.8 Å². The van der Waals surface area contributed by atoms with Crippen LogP contribution in [0.2, 0.25) is 0 Å². The molecule has 0 aliphatic rings. The van der Waals surface area contributed by atoms with E-state index in [0.717, 1.165) is 0 Å². The van der Waals surface area contributed by atoms with Gasteiger partial charge in [-0.2, -0.15) is 0 Å². The highest BCUT2D eigenvalue weighted by atomic mass is 35.5. The molecule has 10 heteroatoms. The van der Waals surface area contributed by atoms with Gasteiger partial charge in [0, 0.05) is 0 Å². The van der Waals surface area contributed by atoms with Crippen molar-refractivity contribution in [3.05, 3.63) is 0 Å². The Morgan fingerprint density at radius 3 is 0.200 bits per heavy atom. The summed E-state index contributed by atoms with van der Waals surface area (Å²) in [5, 5.41) is 0. The number of hydrogen-bond donors (Lipinski definition) is 0. The fourth-order valence-electron chi connectivity index (χ4n) is 0. The molecule has 0 saturated heterocycles. The van der Waals surface area contributed by atoms with E-state index in [0.29, 0.717) is 0 Å². The van der Waals surface area contributed by atoms with Gasteiger partial charge in [0.05, 0.1) is 0 Å². The second-order valence-electron chi connectivity index (χ2n) is 0. The molecule has 0 heterocycles. The third-order valence-electron chi connectivity index (χ3n) is 0. The Labute approximate surface area is 69.5 Å². The number of halogens is 2. The SMILES string of the molecule is Cl.Cl.O.O.O.O.O.O.O.O. The number of rotatable bonds is 0. The second kappa shape index (κ2) is 9350. The van der Waals surface area contributed by atoms with Crippen molar-refractivity contribution in [1.82, 2.24) is 0 Å². The molecule has 10 heavy (non-hydrogen) atoms. The van der Waals surface area contributed by atoms with E-state index in [-0.39, 0.29) is 68.6 Å². The first-order chi connectivity index (χ1) is 0. The van der Waals surface area contributed by atoms with Gasteiger partial charge < -0.3 is 43.8 Å². The smallest absolute Gasteiger partial charge is 0.147 e. The lowest BCUT2D eigenvalue weighted by Gasteiger charge is -0.413. The summed E-state index contributed by atoms with van der Waals surface area (Å²) in [6, 6.07) is 0. The van der Waals surface area contributed by atoms with E-state index in [1.807, 2.05) is 0 Å². The summed E-state index contributed by atoms with van der Waals surface area (Å²) in [6.45, 7) is 0. The average Bonchev–Trinajstić information content (AvgIpc) is 0. The lowest BCUT2D eigenvalue weighted by Crippen LogP contribution is -0.290. The van der Waals surface area contributed by atoms with Crippen LogP contribution >= 0.6 is 24.8 Å². The second-order valence-corrected chi connectivity index (χ2v) is 0. The molecule has 80 valence electrons. The molecular weight excluding hydrogens is 199 g/mol. The van der Waals surface area contributed by atoms with Gasteiger partial charge in [0.2, 0.25) is 0 Å². The molecule has 0 bridgehead atoms.